The molecule has 1 N–H and O–H groups in total. The van der Waals surface area contributed by atoms with Crippen LogP contribution in [0.15, 0.2) is 78.9 Å². The molecule has 148 valence electrons. The Bertz CT molecular complexity index is 972. The molecule has 0 spiro atoms. The van der Waals surface area contributed by atoms with Crippen molar-refractivity contribution in [3.05, 3.63) is 107 Å². The van der Waals surface area contributed by atoms with Gasteiger partial charge in [-0.3, -0.25) is 4.79 Å². The van der Waals surface area contributed by atoms with Crippen molar-refractivity contribution >= 4 is 5.91 Å². The zero-order valence-corrected chi connectivity index (χ0v) is 17.3. The summed E-state index contributed by atoms with van der Waals surface area (Å²) >= 11 is 0. The molecule has 0 bridgehead atoms. The van der Waals surface area contributed by atoms with Gasteiger partial charge in [-0.1, -0.05) is 97.3 Å². The number of carbonyl (C=O) groups excluding carboxylic acids is 1. The lowest BCUT2D eigenvalue weighted by atomic mass is 9.77. The van der Waals surface area contributed by atoms with E-state index in [1.54, 1.807) is 0 Å². The molecule has 0 aromatic heterocycles. The van der Waals surface area contributed by atoms with Crippen LogP contribution in [0, 0.1) is 13.8 Å². The molecule has 1 amide bonds. The van der Waals surface area contributed by atoms with Crippen molar-refractivity contribution in [1.29, 1.82) is 0 Å². The summed E-state index contributed by atoms with van der Waals surface area (Å²) in [4.78, 5) is 13.8. The second-order valence-electron chi connectivity index (χ2n) is 8.33. The van der Waals surface area contributed by atoms with Crippen LogP contribution in [0.1, 0.15) is 59.5 Å². The molecule has 4 rings (SSSR count). The third-order valence-electron chi connectivity index (χ3n) is 6.36. The molecule has 1 fully saturated rings. The Kier molecular flexibility index (Phi) is 5.53. The van der Waals surface area contributed by atoms with Gasteiger partial charge in [0.2, 0.25) is 5.91 Å². The number of aryl methyl sites for hydroxylation is 2. The van der Waals surface area contributed by atoms with Gasteiger partial charge in [0.25, 0.3) is 0 Å². The zero-order chi connectivity index (χ0) is 20.3. The van der Waals surface area contributed by atoms with Crippen LogP contribution in [-0.4, -0.2) is 5.91 Å². The van der Waals surface area contributed by atoms with Crippen LogP contribution < -0.4 is 5.32 Å². The first-order chi connectivity index (χ1) is 14.1. The Hall–Kier alpha value is -2.87. The van der Waals surface area contributed by atoms with Crippen molar-refractivity contribution < 1.29 is 4.79 Å². The number of benzene rings is 3. The summed E-state index contributed by atoms with van der Waals surface area (Å²) in [6.45, 7) is 4.24. The molecule has 29 heavy (non-hydrogen) atoms. The highest BCUT2D eigenvalue weighted by Crippen LogP contribution is 2.42. The third kappa shape index (κ3) is 3.85. The van der Waals surface area contributed by atoms with Crippen LogP contribution in [0.25, 0.3) is 0 Å². The fourth-order valence-electron chi connectivity index (χ4n) is 4.79. The van der Waals surface area contributed by atoms with Crippen molar-refractivity contribution in [3.8, 4) is 0 Å². The number of hydrogen-bond donors (Lipinski definition) is 1. The molecule has 0 radical (unpaired) electrons. The maximum absolute atomic E-state index is 13.8. The monoisotopic (exact) mass is 383 g/mol. The van der Waals surface area contributed by atoms with E-state index in [4.69, 9.17) is 0 Å². The van der Waals surface area contributed by atoms with E-state index in [1.165, 1.54) is 11.1 Å². The van der Waals surface area contributed by atoms with E-state index in [9.17, 15) is 4.79 Å². The Morgan fingerprint density at radius 3 is 2.10 bits per heavy atom. The molecule has 0 aliphatic heterocycles. The van der Waals surface area contributed by atoms with Gasteiger partial charge in [0.05, 0.1) is 11.5 Å². The average Bonchev–Trinajstić information content (AvgIpc) is 3.25. The van der Waals surface area contributed by atoms with Crippen LogP contribution in [0.4, 0.5) is 0 Å². The minimum absolute atomic E-state index is 0.148. The molecule has 0 heterocycles. The van der Waals surface area contributed by atoms with Crippen LogP contribution in [0.2, 0.25) is 0 Å². The fraction of sp³-hybridized carbons (Fsp3) is 0.296. The Balaban J connectivity index is 1.73. The summed E-state index contributed by atoms with van der Waals surface area (Å²) < 4.78 is 0. The zero-order valence-electron chi connectivity index (χ0n) is 17.3. The van der Waals surface area contributed by atoms with Gasteiger partial charge in [-0.15, -0.1) is 0 Å². The number of nitrogens with one attached hydrogen (secondary N) is 1. The summed E-state index contributed by atoms with van der Waals surface area (Å²) in [5, 5.41) is 3.45. The van der Waals surface area contributed by atoms with Crippen molar-refractivity contribution in [1.82, 2.24) is 5.32 Å². The normalized spacial score (nSPS) is 16.3. The molecule has 2 nitrogen and oxygen atoms in total. The second-order valence-corrected chi connectivity index (χ2v) is 8.33. The smallest absolute Gasteiger partial charge is 0.231 e. The minimum atomic E-state index is -0.424. The van der Waals surface area contributed by atoms with Crippen molar-refractivity contribution in [2.24, 2.45) is 0 Å². The molecule has 3 aromatic rings. The first kappa shape index (κ1) is 19.4. The van der Waals surface area contributed by atoms with Crippen LogP contribution >= 0.6 is 0 Å². The van der Waals surface area contributed by atoms with Gasteiger partial charge >= 0.3 is 0 Å². The van der Waals surface area contributed by atoms with Gasteiger partial charge < -0.3 is 5.32 Å². The van der Waals surface area contributed by atoms with E-state index in [0.717, 1.165) is 42.4 Å². The second kappa shape index (κ2) is 8.24. The van der Waals surface area contributed by atoms with E-state index in [2.05, 4.69) is 61.6 Å². The van der Waals surface area contributed by atoms with Crippen molar-refractivity contribution in [2.45, 2.75) is 51.0 Å². The van der Waals surface area contributed by atoms with E-state index < -0.39 is 5.41 Å². The van der Waals surface area contributed by atoms with Gasteiger partial charge in [0, 0.05) is 0 Å². The standard InChI is InChI=1S/C27H29NO/c1-20-15-16-24(21(2)19-20)25(22-11-5-3-6-12-22)28-26(29)27(17-9-10-18-27)23-13-7-4-8-14-23/h3-8,11-16,19,25H,9-10,17-18H2,1-2H3,(H,28,29)/t25-/m1/s1. The fourth-order valence-corrected chi connectivity index (χ4v) is 4.79. The number of amides is 1. The quantitative estimate of drug-likeness (QED) is 0.573. The van der Waals surface area contributed by atoms with Gasteiger partial charge in [0.1, 0.15) is 0 Å². The molecule has 1 saturated carbocycles. The predicted octanol–water partition coefficient (Wildman–Crippen LogP) is 6.02. The maximum atomic E-state index is 13.8. The third-order valence-corrected chi connectivity index (χ3v) is 6.36. The Morgan fingerprint density at radius 2 is 1.48 bits per heavy atom. The molecular formula is C27H29NO. The molecule has 1 aliphatic rings. The summed E-state index contributed by atoms with van der Waals surface area (Å²) in [5.74, 6) is 0.148. The first-order valence-corrected chi connectivity index (χ1v) is 10.6. The number of rotatable bonds is 5. The highest BCUT2D eigenvalue weighted by molar-refractivity contribution is 5.89. The van der Waals surface area contributed by atoms with Crippen LogP contribution in [0.5, 0.6) is 0 Å². The lowest BCUT2D eigenvalue weighted by Crippen LogP contribution is -2.44. The molecule has 0 unspecified atom stereocenters. The summed E-state index contributed by atoms with van der Waals surface area (Å²) in [5.41, 5.74) is 5.44. The summed E-state index contributed by atoms with van der Waals surface area (Å²) in [7, 11) is 0. The summed E-state index contributed by atoms with van der Waals surface area (Å²) in [6, 6.07) is 27.0. The van der Waals surface area contributed by atoms with E-state index in [0.29, 0.717) is 0 Å². The van der Waals surface area contributed by atoms with E-state index in [-0.39, 0.29) is 11.9 Å². The minimum Gasteiger partial charge on any atom is -0.344 e. The number of carbonyl (C=O) groups is 1. The topological polar surface area (TPSA) is 29.1 Å². The van der Waals surface area contributed by atoms with Gasteiger partial charge in [-0.05, 0) is 48.9 Å². The van der Waals surface area contributed by atoms with E-state index >= 15 is 0 Å². The van der Waals surface area contributed by atoms with Gasteiger partial charge in [-0.25, -0.2) is 0 Å². The molecule has 1 aliphatic carbocycles. The average molecular weight is 384 g/mol. The SMILES string of the molecule is Cc1ccc([C@H](NC(=O)C2(c3ccccc3)CCCC2)c2ccccc2)c(C)c1. The lowest BCUT2D eigenvalue weighted by molar-refractivity contribution is -0.127. The van der Waals surface area contributed by atoms with Crippen LogP contribution in [-0.2, 0) is 10.2 Å². The maximum Gasteiger partial charge on any atom is 0.231 e. The largest absolute Gasteiger partial charge is 0.344 e. The van der Waals surface area contributed by atoms with Gasteiger partial charge in [-0.2, -0.15) is 0 Å². The Morgan fingerprint density at radius 1 is 0.862 bits per heavy atom. The highest BCUT2D eigenvalue weighted by Gasteiger charge is 2.43. The molecular weight excluding hydrogens is 354 g/mol. The predicted molar refractivity (Wildman–Crippen MR) is 119 cm³/mol. The molecule has 3 aromatic carbocycles. The highest BCUT2D eigenvalue weighted by atomic mass is 16.2. The van der Waals surface area contributed by atoms with Gasteiger partial charge in [0.15, 0.2) is 0 Å². The van der Waals surface area contributed by atoms with E-state index in [1.807, 2.05) is 36.4 Å². The summed E-state index contributed by atoms with van der Waals surface area (Å²) in [6.07, 6.45) is 4.03. The van der Waals surface area contributed by atoms with Crippen LogP contribution in [0.3, 0.4) is 0 Å². The van der Waals surface area contributed by atoms with Crippen molar-refractivity contribution in [3.63, 3.8) is 0 Å². The lowest BCUT2D eigenvalue weighted by Gasteiger charge is -2.32. The molecule has 1 atom stereocenters. The number of hydrogen-bond acceptors (Lipinski definition) is 1. The van der Waals surface area contributed by atoms with Crippen molar-refractivity contribution in [2.75, 3.05) is 0 Å². The first-order valence-electron chi connectivity index (χ1n) is 10.6. The molecule has 0 saturated heterocycles. The molecule has 2 heteroatoms. The Labute approximate surface area is 174 Å².